The normalized spacial score (nSPS) is 15.1. The Hall–Kier alpha value is -4.21. The first-order valence-corrected chi connectivity index (χ1v) is 13.2. The SMILES string of the molecule is CCOC(=O)C1=C(C)N=c2s/c(=C/c3ccc(-c4ccc(C(=O)OC)cc4)o3)c(=O)n2C1c1ccc(Cl)cc1. The van der Waals surface area contributed by atoms with Crippen LogP contribution in [0.1, 0.15) is 41.6 Å². The molecule has 198 valence electrons. The number of thiazole rings is 1. The van der Waals surface area contributed by atoms with Crippen molar-refractivity contribution < 1.29 is 23.5 Å². The fourth-order valence-electron chi connectivity index (χ4n) is 4.36. The lowest BCUT2D eigenvalue weighted by Crippen LogP contribution is -2.39. The van der Waals surface area contributed by atoms with E-state index in [0.29, 0.717) is 48.3 Å². The number of esters is 2. The number of hydrogen-bond acceptors (Lipinski definition) is 8. The maximum absolute atomic E-state index is 13.7. The summed E-state index contributed by atoms with van der Waals surface area (Å²) >= 11 is 7.31. The maximum Gasteiger partial charge on any atom is 0.338 e. The molecule has 0 spiro atoms. The summed E-state index contributed by atoms with van der Waals surface area (Å²) < 4.78 is 17.9. The third-order valence-electron chi connectivity index (χ3n) is 6.19. The molecule has 1 unspecified atom stereocenters. The molecule has 1 aliphatic heterocycles. The third kappa shape index (κ3) is 5.10. The van der Waals surface area contributed by atoms with Crippen LogP contribution in [-0.2, 0) is 14.3 Å². The van der Waals surface area contributed by atoms with Gasteiger partial charge in [-0.05, 0) is 55.8 Å². The molecule has 5 rings (SSSR count). The van der Waals surface area contributed by atoms with Gasteiger partial charge in [-0.3, -0.25) is 9.36 Å². The first kappa shape index (κ1) is 26.4. The van der Waals surface area contributed by atoms with Crippen LogP contribution in [0, 0.1) is 0 Å². The molecule has 0 saturated carbocycles. The van der Waals surface area contributed by atoms with Crippen molar-refractivity contribution in [3.63, 3.8) is 0 Å². The molecule has 0 radical (unpaired) electrons. The quantitative estimate of drug-likeness (QED) is 0.321. The molecule has 4 aromatic rings. The number of rotatable bonds is 6. The molecule has 2 aromatic carbocycles. The molecule has 0 aliphatic carbocycles. The van der Waals surface area contributed by atoms with E-state index in [9.17, 15) is 14.4 Å². The molecule has 1 aliphatic rings. The van der Waals surface area contributed by atoms with Gasteiger partial charge in [0.25, 0.3) is 5.56 Å². The van der Waals surface area contributed by atoms with Gasteiger partial charge >= 0.3 is 11.9 Å². The largest absolute Gasteiger partial charge is 0.465 e. The first-order valence-electron chi connectivity index (χ1n) is 12.0. The van der Waals surface area contributed by atoms with E-state index in [2.05, 4.69) is 4.99 Å². The second-order valence-electron chi connectivity index (χ2n) is 8.62. The van der Waals surface area contributed by atoms with E-state index in [4.69, 9.17) is 25.5 Å². The fourth-order valence-corrected chi connectivity index (χ4v) is 5.51. The Kier molecular flexibility index (Phi) is 7.36. The second-order valence-corrected chi connectivity index (χ2v) is 10.1. The average molecular weight is 563 g/mol. The molecule has 0 amide bonds. The Balaban J connectivity index is 1.57. The summed E-state index contributed by atoms with van der Waals surface area (Å²) in [7, 11) is 1.33. The summed E-state index contributed by atoms with van der Waals surface area (Å²) in [5.74, 6) is 0.0961. The second kappa shape index (κ2) is 10.9. The minimum Gasteiger partial charge on any atom is -0.465 e. The molecular formula is C29H23ClN2O6S. The van der Waals surface area contributed by atoms with Gasteiger partial charge in [-0.15, -0.1) is 0 Å². The number of aromatic nitrogens is 1. The van der Waals surface area contributed by atoms with Gasteiger partial charge in [-0.25, -0.2) is 14.6 Å². The zero-order valence-corrected chi connectivity index (χ0v) is 22.8. The van der Waals surface area contributed by atoms with E-state index in [1.807, 2.05) is 0 Å². The van der Waals surface area contributed by atoms with Crippen molar-refractivity contribution in [2.24, 2.45) is 4.99 Å². The van der Waals surface area contributed by atoms with E-state index in [1.54, 1.807) is 80.6 Å². The topological polar surface area (TPSA) is 100 Å². The summed E-state index contributed by atoms with van der Waals surface area (Å²) in [6.07, 6.45) is 1.65. The van der Waals surface area contributed by atoms with Gasteiger partial charge in [0.15, 0.2) is 4.80 Å². The molecule has 39 heavy (non-hydrogen) atoms. The van der Waals surface area contributed by atoms with E-state index < -0.39 is 18.0 Å². The summed E-state index contributed by atoms with van der Waals surface area (Å²) in [6, 6.07) is 16.6. The van der Waals surface area contributed by atoms with Crippen molar-refractivity contribution in [1.82, 2.24) is 4.57 Å². The van der Waals surface area contributed by atoms with Crippen molar-refractivity contribution in [3.8, 4) is 11.3 Å². The minimum atomic E-state index is -0.722. The highest BCUT2D eigenvalue weighted by Gasteiger charge is 2.33. The first-order chi connectivity index (χ1) is 18.8. The van der Waals surface area contributed by atoms with Crippen molar-refractivity contribution in [3.05, 3.63) is 114 Å². The number of furan rings is 1. The molecule has 0 saturated heterocycles. The van der Waals surface area contributed by atoms with Crippen LogP contribution in [0.2, 0.25) is 5.02 Å². The van der Waals surface area contributed by atoms with Crippen molar-refractivity contribution in [1.29, 1.82) is 0 Å². The van der Waals surface area contributed by atoms with E-state index in [-0.39, 0.29) is 12.2 Å². The highest BCUT2D eigenvalue weighted by molar-refractivity contribution is 7.07. The highest BCUT2D eigenvalue weighted by atomic mass is 35.5. The number of hydrogen-bond donors (Lipinski definition) is 0. The van der Waals surface area contributed by atoms with Crippen LogP contribution in [0.15, 0.2) is 86.1 Å². The van der Waals surface area contributed by atoms with Crippen LogP contribution in [0.5, 0.6) is 0 Å². The van der Waals surface area contributed by atoms with Gasteiger partial charge in [0, 0.05) is 16.7 Å². The fraction of sp³-hybridized carbons (Fsp3) is 0.172. The number of nitrogens with zero attached hydrogens (tertiary/aromatic N) is 2. The number of carbonyl (C=O) groups excluding carboxylic acids is 2. The molecule has 8 nitrogen and oxygen atoms in total. The Labute approximate surface area is 232 Å². The van der Waals surface area contributed by atoms with Crippen LogP contribution in [0.3, 0.4) is 0 Å². The summed E-state index contributed by atoms with van der Waals surface area (Å²) in [5, 5.41) is 0.540. The zero-order chi connectivity index (χ0) is 27.7. The monoisotopic (exact) mass is 562 g/mol. The standard InChI is InChI=1S/C29H23ClN2O6S/c1-4-37-28(35)24-16(2)31-29-32(25(24)18-9-11-20(30)12-10-18)26(33)23(39-29)15-21-13-14-22(38-21)17-5-7-19(8-6-17)27(34)36-3/h5-15,25H,4H2,1-3H3/b23-15+. The lowest BCUT2D eigenvalue weighted by molar-refractivity contribution is -0.139. The lowest BCUT2D eigenvalue weighted by atomic mass is 9.96. The van der Waals surface area contributed by atoms with Crippen LogP contribution < -0.4 is 14.9 Å². The number of allylic oxidation sites excluding steroid dienone is 1. The number of methoxy groups -OCH3 is 1. The summed E-state index contributed by atoms with van der Waals surface area (Å²) in [5.41, 5.74) is 2.38. The van der Waals surface area contributed by atoms with Crippen LogP contribution >= 0.6 is 22.9 Å². The Morgan fingerprint density at radius 1 is 1.08 bits per heavy atom. The minimum absolute atomic E-state index is 0.194. The zero-order valence-electron chi connectivity index (χ0n) is 21.3. The molecule has 0 fully saturated rings. The Morgan fingerprint density at radius 2 is 1.79 bits per heavy atom. The van der Waals surface area contributed by atoms with Crippen molar-refractivity contribution in [2.45, 2.75) is 19.9 Å². The number of benzene rings is 2. The van der Waals surface area contributed by atoms with Gasteiger partial charge < -0.3 is 13.9 Å². The van der Waals surface area contributed by atoms with Crippen molar-refractivity contribution in [2.75, 3.05) is 13.7 Å². The van der Waals surface area contributed by atoms with Gasteiger partial charge in [-0.2, -0.15) is 0 Å². The summed E-state index contributed by atoms with van der Waals surface area (Å²) in [4.78, 5) is 43.4. The van der Waals surface area contributed by atoms with Crippen LogP contribution in [-0.4, -0.2) is 30.2 Å². The Bertz CT molecular complexity index is 1780. The molecule has 2 aromatic heterocycles. The molecule has 0 N–H and O–H groups in total. The van der Waals surface area contributed by atoms with E-state index in [0.717, 1.165) is 5.56 Å². The number of carbonyl (C=O) groups is 2. The molecule has 10 heteroatoms. The number of ether oxygens (including phenoxy) is 2. The molecule has 0 bridgehead atoms. The van der Waals surface area contributed by atoms with Gasteiger partial charge in [0.05, 0.1) is 41.1 Å². The lowest BCUT2D eigenvalue weighted by Gasteiger charge is -2.24. The highest BCUT2D eigenvalue weighted by Crippen LogP contribution is 2.31. The molecule has 3 heterocycles. The smallest absolute Gasteiger partial charge is 0.338 e. The van der Waals surface area contributed by atoms with Gasteiger partial charge in [0.1, 0.15) is 11.5 Å². The maximum atomic E-state index is 13.7. The molecular weight excluding hydrogens is 540 g/mol. The predicted octanol–water partition coefficient (Wildman–Crippen LogP) is 4.50. The van der Waals surface area contributed by atoms with Crippen LogP contribution in [0.4, 0.5) is 0 Å². The van der Waals surface area contributed by atoms with Crippen molar-refractivity contribution >= 4 is 41.0 Å². The summed E-state index contributed by atoms with van der Waals surface area (Å²) in [6.45, 7) is 3.65. The van der Waals surface area contributed by atoms with Gasteiger partial charge in [0.2, 0.25) is 0 Å². The number of halogens is 1. The third-order valence-corrected chi connectivity index (χ3v) is 7.43. The number of fused-ring (bicyclic) bond motifs is 1. The van der Waals surface area contributed by atoms with E-state index >= 15 is 0 Å². The molecule has 1 atom stereocenters. The van der Waals surface area contributed by atoms with E-state index in [1.165, 1.54) is 23.0 Å². The predicted molar refractivity (Wildman–Crippen MR) is 147 cm³/mol. The Morgan fingerprint density at radius 3 is 2.46 bits per heavy atom. The van der Waals surface area contributed by atoms with Gasteiger partial charge in [-0.1, -0.05) is 47.2 Å². The average Bonchev–Trinajstić information content (AvgIpc) is 3.52. The van der Waals surface area contributed by atoms with Crippen LogP contribution in [0.25, 0.3) is 17.4 Å².